The summed E-state index contributed by atoms with van der Waals surface area (Å²) < 4.78 is 10.5. The van der Waals surface area contributed by atoms with Crippen molar-refractivity contribution in [2.75, 3.05) is 14.2 Å². The molecule has 2 N–H and O–H groups in total. The maximum Gasteiger partial charge on any atom is 0.160 e. The van der Waals surface area contributed by atoms with Crippen molar-refractivity contribution in [2.24, 2.45) is 0 Å². The fraction of sp³-hybridized carbons (Fsp3) is 0.294. The van der Waals surface area contributed by atoms with Crippen molar-refractivity contribution in [3.63, 3.8) is 0 Å². The lowest BCUT2D eigenvalue weighted by atomic mass is 10.1. The smallest absolute Gasteiger partial charge is 0.160 e. The lowest BCUT2D eigenvalue weighted by molar-refractivity contribution is 0.372. The highest BCUT2D eigenvalue weighted by atomic mass is 16.5. The second-order valence-corrected chi connectivity index (χ2v) is 4.85. The van der Waals surface area contributed by atoms with Crippen LogP contribution in [0.4, 0.5) is 0 Å². The fourth-order valence-corrected chi connectivity index (χ4v) is 2.19. The molecule has 0 fully saturated rings. The normalized spacial score (nSPS) is 12.0. The number of hydrogen-bond acceptors (Lipinski definition) is 4. The Bertz CT molecular complexity index is 598. The first-order valence-electron chi connectivity index (χ1n) is 6.88. The van der Waals surface area contributed by atoms with E-state index >= 15 is 0 Å². The van der Waals surface area contributed by atoms with Crippen molar-refractivity contribution in [1.82, 2.24) is 5.32 Å². The maximum atomic E-state index is 9.63. The van der Waals surface area contributed by atoms with E-state index in [2.05, 4.69) is 12.2 Å². The minimum atomic E-state index is 0.129. The van der Waals surface area contributed by atoms with Gasteiger partial charge in [-0.3, -0.25) is 0 Å². The molecule has 21 heavy (non-hydrogen) atoms. The Balaban J connectivity index is 2.06. The van der Waals surface area contributed by atoms with Gasteiger partial charge in [0, 0.05) is 18.2 Å². The van der Waals surface area contributed by atoms with Gasteiger partial charge in [-0.15, -0.1) is 0 Å². The van der Waals surface area contributed by atoms with Crippen LogP contribution in [0.1, 0.15) is 24.1 Å². The average molecular weight is 287 g/mol. The van der Waals surface area contributed by atoms with Crippen molar-refractivity contribution in [3.8, 4) is 17.2 Å². The number of ether oxygens (including phenoxy) is 2. The predicted octanol–water partition coefficient (Wildman–Crippen LogP) is 3.26. The zero-order valence-electron chi connectivity index (χ0n) is 12.6. The number of aromatic hydroxyl groups is 1. The Morgan fingerprint density at radius 2 is 1.76 bits per heavy atom. The van der Waals surface area contributed by atoms with E-state index in [-0.39, 0.29) is 11.8 Å². The molecule has 2 aromatic rings. The van der Waals surface area contributed by atoms with Crippen LogP contribution in [0.25, 0.3) is 0 Å². The number of phenolic OH excluding ortho intramolecular Hbond substituents is 1. The van der Waals surface area contributed by atoms with E-state index in [9.17, 15) is 5.11 Å². The molecule has 0 radical (unpaired) electrons. The van der Waals surface area contributed by atoms with E-state index in [1.165, 1.54) is 0 Å². The lowest BCUT2D eigenvalue weighted by Gasteiger charge is -2.17. The van der Waals surface area contributed by atoms with Gasteiger partial charge in [-0.25, -0.2) is 0 Å². The number of phenols is 1. The number of rotatable bonds is 6. The van der Waals surface area contributed by atoms with E-state index in [0.717, 1.165) is 16.9 Å². The van der Waals surface area contributed by atoms with Gasteiger partial charge in [0.05, 0.1) is 14.2 Å². The van der Waals surface area contributed by atoms with Gasteiger partial charge in [0.15, 0.2) is 11.5 Å². The maximum absolute atomic E-state index is 9.63. The van der Waals surface area contributed by atoms with E-state index in [1.807, 2.05) is 36.4 Å². The molecule has 0 spiro atoms. The standard InChI is InChI=1S/C17H21NO3/c1-12(13-8-9-15(19)17(10-13)21-3)18-11-14-6-4-5-7-16(14)20-2/h4-10,12,18-19H,11H2,1-3H3. The molecular formula is C17H21NO3. The lowest BCUT2D eigenvalue weighted by Crippen LogP contribution is -2.18. The molecule has 0 aliphatic rings. The highest BCUT2D eigenvalue weighted by molar-refractivity contribution is 5.42. The molecule has 2 aromatic carbocycles. The molecular weight excluding hydrogens is 266 g/mol. The summed E-state index contributed by atoms with van der Waals surface area (Å²) in [5.41, 5.74) is 2.16. The quantitative estimate of drug-likeness (QED) is 0.856. The third-order valence-electron chi connectivity index (χ3n) is 3.50. The fourth-order valence-electron chi connectivity index (χ4n) is 2.19. The summed E-state index contributed by atoms with van der Waals surface area (Å²) in [5.74, 6) is 1.51. The Morgan fingerprint density at radius 1 is 1.05 bits per heavy atom. The van der Waals surface area contributed by atoms with E-state index in [1.54, 1.807) is 20.3 Å². The van der Waals surface area contributed by atoms with Crippen LogP contribution in [-0.4, -0.2) is 19.3 Å². The molecule has 0 saturated carbocycles. The predicted molar refractivity (Wildman–Crippen MR) is 82.9 cm³/mol. The minimum absolute atomic E-state index is 0.129. The largest absolute Gasteiger partial charge is 0.504 e. The zero-order valence-corrected chi connectivity index (χ0v) is 12.6. The summed E-state index contributed by atoms with van der Waals surface area (Å²) in [6.07, 6.45) is 0. The molecule has 0 aliphatic carbocycles. The first-order valence-corrected chi connectivity index (χ1v) is 6.88. The van der Waals surface area contributed by atoms with E-state index < -0.39 is 0 Å². The van der Waals surface area contributed by atoms with Gasteiger partial charge in [0.25, 0.3) is 0 Å². The molecule has 0 bridgehead atoms. The number of nitrogens with one attached hydrogen (secondary N) is 1. The molecule has 2 rings (SSSR count). The Hall–Kier alpha value is -2.20. The number of benzene rings is 2. The van der Waals surface area contributed by atoms with Crippen molar-refractivity contribution in [1.29, 1.82) is 0 Å². The molecule has 4 heteroatoms. The van der Waals surface area contributed by atoms with Crippen LogP contribution in [0.3, 0.4) is 0 Å². The van der Waals surface area contributed by atoms with Crippen LogP contribution in [0.2, 0.25) is 0 Å². The summed E-state index contributed by atoms with van der Waals surface area (Å²) in [5, 5.41) is 13.1. The van der Waals surface area contributed by atoms with Gasteiger partial charge in [0.2, 0.25) is 0 Å². The highest BCUT2D eigenvalue weighted by Crippen LogP contribution is 2.29. The molecule has 0 heterocycles. The third-order valence-corrected chi connectivity index (χ3v) is 3.50. The van der Waals surface area contributed by atoms with Gasteiger partial charge >= 0.3 is 0 Å². The van der Waals surface area contributed by atoms with Crippen molar-refractivity contribution in [3.05, 3.63) is 53.6 Å². The summed E-state index contributed by atoms with van der Waals surface area (Å²) >= 11 is 0. The van der Waals surface area contributed by atoms with Crippen molar-refractivity contribution >= 4 is 0 Å². The molecule has 1 atom stereocenters. The Kier molecular flexibility index (Phi) is 5.06. The first kappa shape index (κ1) is 15.2. The molecule has 0 saturated heterocycles. The number of para-hydroxylation sites is 1. The molecule has 1 unspecified atom stereocenters. The Morgan fingerprint density at radius 3 is 2.48 bits per heavy atom. The third kappa shape index (κ3) is 3.67. The number of hydrogen-bond donors (Lipinski definition) is 2. The van der Waals surface area contributed by atoms with Crippen LogP contribution >= 0.6 is 0 Å². The molecule has 112 valence electrons. The van der Waals surface area contributed by atoms with Crippen LogP contribution in [0.15, 0.2) is 42.5 Å². The monoisotopic (exact) mass is 287 g/mol. The minimum Gasteiger partial charge on any atom is -0.504 e. The Labute approximate surface area is 125 Å². The molecule has 0 aliphatic heterocycles. The first-order chi connectivity index (χ1) is 10.2. The van der Waals surface area contributed by atoms with Crippen molar-refractivity contribution in [2.45, 2.75) is 19.5 Å². The van der Waals surface area contributed by atoms with Gasteiger partial charge in [-0.2, -0.15) is 0 Å². The zero-order chi connectivity index (χ0) is 15.2. The second-order valence-electron chi connectivity index (χ2n) is 4.85. The number of methoxy groups -OCH3 is 2. The summed E-state index contributed by atoms with van der Waals surface area (Å²) in [6.45, 7) is 2.77. The SMILES string of the molecule is COc1cc(C(C)NCc2ccccc2OC)ccc1O. The molecule has 0 amide bonds. The average Bonchev–Trinajstić information content (AvgIpc) is 2.53. The topological polar surface area (TPSA) is 50.7 Å². The van der Waals surface area contributed by atoms with Crippen molar-refractivity contribution < 1.29 is 14.6 Å². The van der Waals surface area contributed by atoms with Gasteiger partial charge < -0.3 is 19.9 Å². The molecule has 0 aromatic heterocycles. The second kappa shape index (κ2) is 6.99. The van der Waals surface area contributed by atoms with Gasteiger partial charge in [0.1, 0.15) is 5.75 Å². The summed E-state index contributed by atoms with van der Waals surface area (Å²) in [6, 6.07) is 13.4. The van der Waals surface area contributed by atoms with Gasteiger partial charge in [-0.1, -0.05) is 24.3 Å². The van der Waals surface area contributed by atoms with Crippen LogP contribution < -0.4 is 14.8 Å². The highest BCUT2D eigenvalue weighted by Gasteiger charge is 2.10. The van der Waals surface area contributed by atoms with E-state index in [4.69, 9.17) is 9.47 Å². The van der Waals surface area contributed by atoms with E-state index in [0.29, 0.717) is 12.3 Å². The van der Waals surface area contributed by atoms with Crippen LogP contribution in [0.5, 0.6) is 17.2 Å². The summed E-state index contributed by atoms with van der Waals surface area (Å²) in [4.78, 5) is 0. The van der Waals surface area contributed by atoms with Crippen LogP contribution in [-0.2, 0) is 6.54 Å². The van der Waals surface area contributed by atoms with Crippen LogP contribution in [0, 0.1) is 0 Å². The van der Waals surface area contributed by atoms with Gasteiger partial charge in [-0.05, 0) is 30.7 Å². The summed E-state index contributed by atoms with van der Waals surface area (Å²) in [7, 11) is 3.22. The molecule has 4 nitrogen and oxygen atoms in total.